The van der Waals surface area contributed by atoms with Gasteiger partial charge in [-0.1, -0.05) is 5.92 Å². The van der Waals surface area contributed by atoms with Gasteiger partial charge in [0, 0.05) is 20.0 Å². The highest BCUT2D eigenvalue weighted by Crippen LogP contribution is 2.22. The van der Waals surface area contributed by atoms with E-state index < -0.39 is 0 Å². The molecule has 56 valence electrons. The predicted octanol–water partition coefficient (Wildman–Crippen LogP) is 0.815. The van der Waals surface area contributed by atoms with Gasteiger partial charge in [0.15, 0.2) is 0 Å². The molecule has 1 heterocycles. The minimum absolute atomic E-state index is 0.335. The molecule has 2 nitrogen and oxygen atoms in total. The molecular weight excluding hydrogens is 128 g/mol. The van der Waals surface area contributed by atoms with Crippen LogP contribution in [0.5, 0.6) is 0 Å². The molecule has 0 amide bonds. The predicted molar refractivity (Wildman–Crippen MR) is 38.6 cm³/mol. The average molecular weight is 140 g/mol. The number of hydrogen-bond donors (Lipinski definition) is 0. The van der Waals surface area contributed by atoms with Crippen molar-refractivity contribution in [3.05, 3.63) is 0 Å². The molecule has 1 rings (SSSR count). The molecule has 0 N–H and O–H groups in total. The third kappa shape index (κ3) is 1.31. The lowest BCUT2D eigenvalue weighted by molar-refractivity contribution is -0.0523. The van der Waals surface area contributed by atoms with Crippen molar-refractivity contribution in [2.75, 3.05) is 20.3 Å². The Morgan fingerprint density at radius 3 is 2.40 bits per heavy atom. The monoisotopic (exact) mass is 140 g/mol. The molecular formula is C8H12O2. The highest BCUT2D eigenvalue weighted by Gasteiger charge is 2.29. The lowest BCUT2D eigenvalue weighted by atomic mass is 9.95. The first-order valence-electron chi connectivity index (χ1n) is 3.44. The van der Waals surface area contributed by atoms with Crippen LogP contribution >= 0.6 is 0 Å². The largest absolute Gasteiger partial charge is 0.381 e. The fourth-order valence-corrected chi connectivity index (χ4v) is 1.11. The molecule has 1 aliphatic heterocycles. The molecule has 0 aliphatic carbocycles. The van der Waals surface area contributed by atoms with Crippen molar-refractivity contribution in [3.63, 3.8) is 0 Å². The molecule has 1 aliphatic rings. The van der Waals surface area contributed by atoms with E-state index >= 15 is 0 Å². The quantitative estimate of drug-likeness (QED) is 0.502. The Hall–Kier alpha value is -0.520. The lowest BCUT2D eigenvalue weighted by Crippen LogP contribution is -2.36. The Morgan fingerprint density at radius 1 is 1.50 bits per heavy atom. The van der Waals surface area contributed by atoms with Crippen LogP contribution in [0, 0.1) is 12.3 Å². The van der Waals surface area contributed by atoms with Gasteiger partial charge in [0.2, 0.25) is 0 Å². The fourth-order valence-electron chi connectivity index (χ4n) is 1.11. The molecule has 2 heteroatoms. The third-order valence-corrected chi connectivity index (χ3v) is 1.95. The zero-order chi connectivity index (χ0) is 7.45. The number of terminal acetylenes is 1. The first-order valence-corrected chi connectivity index (χ1v) is 3.44. The molecule has 0 spiro atoms. The normalized spacial score (nSPS) is 23.6. The van der Waals surface area contributed by atoms with Gasteiger partial charge in [-0.2, -0.15) is 0 Å². The SMILES string of the molecule is C#CC1(OC)CCOCC1. The molecule has 0 unspecified atom stereocenters. The summed E-state index contributed by atoms with van der Waals surface area (Å²) in [4.78, 5) is 0. The summed E-state index contributed by atoms with van der Waals surface area (Å²) >= 11 is 0. The third-order valence-electron chi connectivity index (χ3n) is 1.95. The highest BCUT2D eigenvalue weighted by molar-refractivity contribution is 5.09. The van der Waals surface area contributed by atoms with Crippen LogP contribution in [0.1, 0.15) is 12.8 Å². The number of hydrogen-bond acceptors (Lipinski definition) is 2. The van der Waals surface area contributed by atoms with E-state index in [1.165, 1.54) is 0 Å². The van der Waals surface area contributed by atoms with Gasteiger partial charge in [-0.25, -0.2) is 0 Å². The second-order valence-electron chi connectivity index (χ2n) is 2.46. The van der Waals surface area contributed by atoms with E-state index in [2.05, 4.69) is 5.92 Å². The van der Waals surface area contributed by atoms with Crippen LogP contribution in [-0.4, -0.2) is 25.9 Å². The summed E-state index contributed by atoms with van der Waals surface area (Å²) in [6.07, 6.45) is 6.96. The van der Waals surface area contributed by atoms with Crippen LogP contribution < -0.4 is 0 Å². The van der Waals surface area contributed by atoms with Crippen molar-refractivity contribution >= 4 is 0 Å². The number of ether oxygens (including phenoxy) is 2. The summed E-state index contributed by atoms with van der Waals surface area (Å²) in [5.41, 5.74) is -0.335. The second-order valence-corrected chi connectivity index (χ2v) is 2.46. The van der Waals surface area contributed by atoms with E-state index in [0.29, 0.717) is 0 Å². The second kappa shape index (κ2) is 3.05. The molecule has 10 heavy (non-hydrogen) atoms. The van der Waals surface area contributed by atoms with Gasteiger partial charge in [0.1, 0.15) is 5.60 Å². The van der Waals surface area contributed by atoms with Crippen molar-refractivity contribution in [1.82, 2.24) is 0 Å². The van der Waals surface area contributed by atoms with Gasteiger partial charge in [-0.3, -0.25) is 0 Å². The maximum atomic E-state index is 5.32. The van der Waals surface area contributed by atoms with Crippen LogP contribution in [0.25, 0.3) is 0 Å². The zero-order valence-electron chi connectivity index (χ0n) is 6.22. The number of rotatable bonds is 1. The summed E-state index contributed by atoms with van der Waals surface area (Å²) in [6, 6.07) is 0. The Labute approximate surface area is 61.5 Å². The maximum Gasteiger partial charge on any atom is 0.132 e. The summed E-state index contributed by atoms with van der Waals surface area (Å²) in [7, 11) is 1.66. The molecule has 1 fully saturated rings. The Kier molecular flexibility index (Phi) is 2.31. The van der Waals surface area contributed by atoms with Crippen LogP contribution in [0.15, 0.2) is 0 Å². The van der Waals surface area contributed by atoms with E-state index in [4.69, 9.17) is 15.9 Å². The van der Waals surface area contributed by atoms with Crippen LogP contribution in [0.4, 0.5) is 0 Å². The lowest BCUT2D eigenvalue weighted by Gasteiger charge is -2.30. The van der Waals surface area contributed by atoms with Gasteiger partial charge >= 0.3 is 0 Å². The molecule has 0 atom stereocenters. The molecule has 0 saturated carbocycles. The van der Waals surface area contributed by atoms with Crippen LogP contribution in [-0.2, 0) is 9.47 Å². The molecule has 1 saturated heterocycles. The summed E-state index contributed by atoms with van der Waals surface area (Å²) in [6.45, 7) is 1.44. The van der Waals surface area contributed by atoms with Gasteiger partial charge in [0.05, 0.1) is 13.2 Å². The topological polar surface area (TPSA) is 18.5 Å². The van der Waals surface area contributed by atoms with Crippen molar-refractivity contribution < 1.29 is 9.47 Å². The summed E-state index contributed by atoms with van der Waals surface area (Å²) < 4.78 is 10.4. The van der Waals surface area contributed by atoms with Crippen LogP contribution in [0.3, 0.4) is 0 Å². The number of methoxy groups -OCH3 is 1. The average Bonchev–Trinajstić information content (AvgIpc) is 2.06. The minimum Gasteiger partial charge on any atom is -0.381 e. The van der Waals surface area contributed by atoms with Crippen molar-refractivity contribution in [3.8, 4) is 12.3 Å². The molecule has 0 radical (unpaired) electrons. The van der Waals surface area contributed by atoms with E-state index in [-0.39, 0.29) is 5.60 Å². The Balaban J connectivity index is 2.55. The minimum atomic E-state index is -0.335. The van der Waals surface area contributed by atoms with Crippen molar-refractivity contribution in [1.29, 1.82) is 0 Å². The van der Waals surface area contributed by atoms with Crippen LogP contribution in [0.2, 0.25) is 0 Å². The highest BCUT2D eigenvalue weighted by atomic mass is 16.5. The summed E-state index contributed by atoms with van der Waals surface area (Å²) in [5, 5.41) is 0. The van der Waals surface area contributed by atoms with Gasteiger partial charge in [0.25, 0.3) is 0 Å². The Morgan fingerprint density at radius 2 is 2.10 bits per heavy atom. The molecule has 0 bridgehead atoms. The maximum absolute atomic E-state index is 5.32. The first kappa shape index (κ1) is 7.59. The van der Waals surface area contributed by atoms with E-state index in [1.54, 1.807) is 7.11 Å². The summed E-state index contributed by atoms with van der Waals surface area (Å²) in [5.74, 6) is 2.66. The van der Waals surface area contributed by atoms with Gasteiger partial charge in [-0.15, -0.1) is 6.42 Å². The first-order chi connectivity index (χ1) is 4.83. The van der Waals surface area contributed by atoms with E-state index in [9.17, 15) is 0 Å². The van der Waals surface area contributed by atoms with E-state index in [0.717, 1.165) is 26.1 Å². The van der Waals surface area contributed by atoms with E-state index in [1.807, 2.05) is 0 Å². The molecule has 0 aromatic carbocycles. The van der Waals surface area contributed by atoms with Gasteiger partial charge in [-0.05, 0) is 0 Å². The van der Waals surface area contributed by atoms with Crippen molar-refractivity contribution in [2.24, 2.45) is 0 Å². The molecule has 0 aromatic heterocycles. The van der Waals surface area contributed by atoms with Gasteiger partial charge < -0.3 is 9.47 Å². The zero-order valence-corrected chi connectivity index (χ0v) is 6.22. The molecule has 0 aromatic rings. The van der Waals surface area contributed by atoms with Crippen molar-refractivity contribution in [2.45, 2.75) is 18.4 Å². The standard InChI is InChI=1S/C8H12O2/c1-3-8(9-2)4-6-10-7-5-8/h1H,4-7H2,2H3. The fraction of sp³-hybridized carbons (Fsp3) is 0.750. The Bertz CT molecular complexity index is 140. The smallest absolute Gasteiger partial charge is 0.132 e.